The molecule has 0 aromatic carbocycles. The second kappa shape index (κ2) is 7.76. The lowest BCUT2D eigenvalue weighted by molar-refractivity contribution is 0.0919. The van der Waals surface area contributed by atoms with Gasteiger partial charge in [0.15, 0.2) is 16.6 Å². The van der Waals surface area contributed by atoms with Gasteiger partial charge in [-0.3, -0.25) is 9.69 Å². The monoisotopic (exact) mass is 369 g/mol. The fourth-order valence-corrected chi connectivity index (χ4v) is 3.67. The Balaban J connectivity index is 1.32. The predicted molar refractivity (Wildman–Crippen MR) is 97.5 cm³/mol. The maximum absolute atomic E-state index is 12.3. The number of amides is 1. The Morgan fingerprint density at radius 3 is 2.85 bits per heavy atom. The fraction of sp³-hybridized carbons (Fsp3) is 0.333. The SMILES string of the molecule is O=C(NCc1csc(-c2ncccn2)n1)c1ccc(CN2CCCC2)o1. The van der Waals surface area contributed by atoms with Crippen LogP contribution in [0.25, 0.3) is 10.8 Å². The van der Waals surface area contributed by atoms with Crippen molar-refractivity contribution in [2.24, 2.45) is 0 Å². The molecule has 1 N–H and O–H groups in total. The molecule has 4 rings (SSSR count). The van der Waals surface area contributed by atoms with Gasteiger partial charge in [-0.1, -0.05) is 0 Å². The van der Waals surface area contributed by atoms with E-state index in [2.05, 4.69) is 25.2 Å². The van der Waals surface area contributed by atoms with Gasteiger partial charge in [0.05, 0.1) is 18.8 Å². The van der Waals surface area contributed by atoms with Gasteiger partial charge in [-0.05, 0) is 44.1 Å². The van der Waals surface area contributed by atoms with Gasteiger partial charge < -0.3 is 9.73 Å². The summed E-state index contributed by atoms with van der Waals surface area (Å²) in [6.07, 6.45) is 5.83. The normalized spacial score (nSPS) is 14.6. The van der Waals surface area contributed by atoms with E-state index in [0.717, 1.165) is 36.1 Å². The Morgan fingerprint density at radius 1 is 1.23 bits per heavy atom. The minimum absolute atomic E-state index is 0.233. The lowest BCUT2D eigenvalue weighted by atomic mass is 10.4. The van der Waals surface area contributed by atoms with E-state index in [9.17, 15) is 4.79 Å². The molecule has 0 aliphatic carbocycles. The van der Waals surface area contributed by atoms with E-state index in [1.54, 1.807) is 24.5 Å². The summed E-state index contributed by atoms with van der Waals surface area (Å²) in [5, 5.41) is 5.48. The van der Waals surface area contributed by atoms with E-state index >= 15 is 0 Å². The molecule has 1 aliphatic heterocycles. The van der Waals surface area contributed by atoms with Gasteiger partial charge in [-0.25, -0.2) is 15.0 Å². The highest BCUT2D eigenvalue weighted by Crippen LogP contribution is 2.19. The van der Waals surface area contributed by atoms with Crippen molar-refractivity contribution in [3.63, 3.8) is 0 Å². The summed E-state index contributed by atoms with van der Waals surface area (Å²) in [6, 6.07) is 5.37. The average molecular weight is 369 g/mol. The summed E-state index contributed by atoms with van der Waals surface area (Å²) in [6.45, 7) is 3.29. The largest absolute Gasteiger partial charge is 0.455 e. The van der Waals surface area contributed by atoms with Crippen molar-refractivity contribution in [1.29, 1.82) is 0 Å². The standard InChI is InChI=1S/C18H19N5O2S/c24-17(15-5-4-14(25-15)11-23-8-1-2-9-23)21-10-13-12-26-18(22-13)16-19-6-3-7-20-16/h3-7,12H,1-2,8-11H2,(H,21,24). The second-order valence-electron chi connectivity index (χ2n) is 6.15. The Bertz CT molecular complexity index is 871. The third kappa shape index (κ3) is 3.97. The highest BCUT2D eigenvalue weighted by atomic mass is 32.1. The lowest BCUT2D eigenvalue weighted by Crippen LogP contribution is -2.22. The summed E-state index contributed by atoms with van der Waals surface area (Å²) in [5.74, 6) is 1.52. The van der Waals surface area contributed by atoms with Gasteiger partial charge in [0.2, 0.25) is 0 Å². The van der Waals surface area contributed by atoms with Crippen LogP contribution in [0.1, 0.15) is 34.9 Å². The zero-order chi connectivity index (χ0) is 17.8. The van der Waals surface area contributed by atoms with Crippen molar-refractivity contribution in [2.75, 3.05) is 13.1 Å². The van der Waals surface area contributed by atoms with Crippen molar-refractivity contribution in [2.45, 2.75) is 25.9 Å². The first kappa shape index (κ1) is 16.9. The minimum Gasteiger partial charge on any atom is -0.455 e. The maximum Gasteiger partial charge on any atom is 0.287 e. The van der Waals surface area contributed by atoms with Crippen LogP contribution in [-0.4, -0.2) is 38.8 Å². The molecule has 0 saturated carbocycles. The zero-order valence-corrected chi connectivity index (χ0v) is 15.0. The molecule has 0 unspecified atom stereocenters. The van der Waals surface area contributed by atoms with Crippen molar-refractivity contribution >= 4 is 17.2 Å². The van der Waals surface area contributed by atoms with E-state index in [-0.39, 0.29) is 5.91 Å². The van der Waals surface area contributed by atoms with Crippen LogP contribution in [0.3, 0.4) is 0 Å². The summed E-state index contributed by atoms with van der Waals surface area (Å²) < 4.78 is 5.68. The van der Waals surface area contributed by atoms with E-state index in [1.165, 1.54) is 24.2 Å². The van der Waals surface area contributed by atoms with Crippen LogP contribution in [0.15, 0.2) is 40.4 Å². The summed E-state index contributed by atoms with van der Waals surface area (Å²) in [7, 11) is 0. The van der Waals surface area contributed by atoms with Gasteiger partial charge in [0.25, 0.3) is 5.91 Å². The second-order valence-corrected chi connectivity index (χ2v) is 7.01. The Labute approximate surface area is 155 Å². The molecule has 1 aliphatic rings. The quantitative estimate of drug-likeness (QED) is 0.719. The number of thiazole rings is 1. The van der Waals surface area contributed by atoms with Gasteiger partial charge in [0, 0.05) is 17.8 Å². The zero-order valence-electron chi connectivity index (χ0n) is 14.2. The topological polar surface area (TPSA) is 84.2 Å². The first-order valence-corrected chi connectivity index (χ1v) is 9.47. The van der Waals surface area contributed by atoms with E-state index in [1.807, 2.05) is 11.4 Å². The molecule has 0 radical (unpaired) electrons. The molecule has 134 valence electrons. The van der Waals surface area contributed by atoms with Crippen LogP contribution in [-0.2, 0) is 13.1 Å². The van der Waals surface area contributed by atoms with Crippen LogP contribution in [0.2, 0.25) is 0 Å². The van der Waals surface area contributed by atoms with Crippen molar-refractivity contribution in [1.82, 2.24) is 25.2 Å². The first-order valence-electron chi connectivity index (χ1n) is 8.59. The van der Waals surface area contributed by atoms with Crippen LogP contribution < -0.4 is 5.32 Å². The number of carbonyl (C=O) groups is 1. The molecule has 8 heteroatoms. The molecule has 4 heterocycles. The number of furan rings is 1. The Kier molecular flexibility index (Phi) is 5.03. The van der Waals surface area contributed by atoms with Crippen LogP contribution in [0.5, 0.6) is 0 Å². The predicted octanol–water partition coefficient (Wildman–Crippen LogP) is 2.72. The lowest BCUT2D eigenvalue weighted by Gasteiger charge is -2.11. The number of hydrogen-bond donors (Lipinski definition) is 1. The third-order valence-electron chi connectivity index (χ3n) is 4.20. The molecule has 1 amide bonds. The number of carbonyl (C=O) groups excluding carboxylic acids is 1. The van der Waals surface area contributed by atoms with Gasteiger partial charge in [0.1, 0.15) is 5.76 Å². The molecule has 0 spiro atoms. The minimum atomic E-state index is -0.233. The van der Waals surface area contributed by atoms with E-state index in [4.69, 9.17) is 4.42 Å². The third-order valence-corrected chi connectivity index (χ3v) is 5.09. The molecule has 1 saturated heterocycles. The summed E-state index contributed by atoms with van der Waals surface area (Å²) in [5.41, 5.74) is 0.773. The molecule has 26 heavy (non-hydrogen) atoms. The first-order chi connectivity index (χ1) is 12.8. The fourth-order valence-electron chi connectivity index (χ4n) is 2.90. The number of likely N-dealkylation sites (tertiary alicyclic amines) is 1. The maximum atomic E-state index is 12.3. The molecule has 3 aromatic heterocycles. The van der Waals surface area contributed by atoms with Crippen LogP contribution in [0.4, 0.5) is 0 Å². The number of nitrogens with zero attached hydrogens (tertiary/aromatic N) is 4. The number of nitrogens with one attached hydrogen (secondary N) is 1. The van der Waals surface area contributed by atoms with Crippen molar-refractivity contribution < 1.29 is 9.21 Å². The molecule has 0 bridgehead atoms. The Hall–Kier alpha value is -2.58. The molecule has 1 fully saturated rings. The summed E-state index contributed by atoms with van der Waals surface area (Å²) >= 11 is 1.46. The van der Waals surface area contributed by atoms with Gasteiger partial charge in [-0.15, -0.1) is 11.3 Å². The van der Waals surface area contributed by atoms with Crippen LogP contribution >= 0.6 is 11.3 Å². The van der Waals surface area contributed by atoms with Crippen molar-refractivity contribution in [3.05, 3.63) is 53.2 Å². The molecular formula is C18H19N5O2S. The van der Waals surface area contributed by atoms with E-state index < -0.39 is 0 Å². The molecular weight excluding hydrogens is 350 g/mol. The summed E-state index contributed by atoms with van der Waals surface area (Å²) in [4.78, 5) is 27.4. The van der Waals surface area contributed by atoms with Crippen molar-refractivity contribution in [3.8, 4) is 10.8 Å². The van der Waals surface area contributed by atoms with Gasteiger partial charge in [-0.2, -0.15) is 0 Å². The molecule has 0 atom stereocenters. The molecule has 7 nitrogen and oxygen atoms in total. The average Bonchev–Trinajstić information content (AvgIpc) is 3.43. The molecule has 3 aromatic rings. The number of aromatic nitrogens is 3. The van der Waals surface area contributed by atoms with E-state index in [0.29, 0.717) is 18.1 Å². The van der Waals surface area contributed by atoms with Crippen LogP contribution in [0, 0.1) is 0 Å². The van der Waals surface area contributed by atoms with Gasteiger partial charge >= 0.3 is 0 Å². The number of hydrogen-bond acceptors (Lipinski definition) is 7. The highest BCUT2D eigenvalue weighted by molar-refractivity contribution is 7.13. The number of rotatable bonds is 6. The highest BCUT2D eigenvalue weighted by Gasteiger charge is 2.16. The Morgan fingerprint density at radius 2 is 2.04 bits per heavy atom. The smallest absolute Gasteiger partial charge is 0.287 e.